The SMILES string of the molecule is O=C1CCN(C(=O)C(Cc2ccccc2)n2cnc(-c3cc(Cl)ccc3-n3cc(Cl)nn3)cc2=O)CCN1. The lowest BCUT2D eigenvalue weighted by molar-refractivity contribution is -0.134. The first kappa shape index (κ1) is 25.6. The van der Waals surface area contributed by atoms with Gasteiger partial charge in [-0.05, 0) is 23.8 Å². The van der Waals surface area contributed by atoms with Gasteiger partial charge in [0.15, 0.2) is 5.15 Å². The van der Waals surface area contributed by atoms with Crippen molar-refractivity contribution in [3.05, 3.63) is 93.2 Å². The van der Waals surface area contributed by atoms with Gasteiger partial charge in [-0.3, -0.25) is 19.0 Å². The lowest BCUT2D eigenvalue weighted by Gasteiger charge is -2.27. The second kappa shape index (κ2) is 11.2. The molecule has 0 aliphatic carbocycles. The molecular weight excluding hydrogens is 529 g/mol. The third-order valence-electron chi connectivity index (χ3n) is 6.30. The van der Waals surface area contributed by atoms with E-state index in [9.17, 15) is 14.4 Å². The zero-order chi connectivity index (χ0) is 26.6. The molecule has 0 spiro atoms. The molecule has 1 atom stereocenters. The summed E-state index contributed by atoms with van der Waals surface area (Å²) < 4.78 is 2.81. The molecule has 1 N–H and O–H groups in total. The Labute approximate surface area is 227 Å². The fourth-order valence-electron chi connectivity index (χ4n) is 4.41. The van der Waals surface area contributed by atoms with Gasteiger partial charge in [0.25, 0.3) is 5.56 Å². The van der Waals surface area contributed by atoms with Crippen molar-refractivity contribution < 1.29 is 9.59 Å². The Morgan fingerprint density at radius 2 is 1.87 bits per heavy atom. The van der Waals surface area contributed by atoms with E-state index in [1.54, 1.807) is 23.1 Å². The summed E-state index contributed by atoms with van der Waals surface area (Å²) in [7, 11) is 0. The maximum Gasteiger partial charge on any atom is 0.254 e. The Kier molecular flexibility index (Phi) is 7.52. The first-order valence-electron chi connectivity index (χ1n) is 11.9. The standard InChI is InChI=1S/C26H23Cl2N7O3/c27-18-6-7-21(35-15-23(28)31-32-35)19(13-18)20-14-25(37)34(16-30-20)22(12-17-4-2-1-3-5-17)26(38)33-10-8-24(36)29-9-11-33/h1-7,13-16,22H,8-12H2,(H,29,36). The fourth-order valence-corrected chi connectivity index (χ4v) is 4.70. The maximum atomic E-state index is 13.7. The van der Waals surface area contributed by atoms with Crippen molar-refractivity contribution in [1.29, 1.82) is 0 Å². The molecule has 0 radical (unpaired) electrons. The summed E-state index contributed by atoms with van der Waals surface area (Å²) in [6, 6.07) is 15.1. The molecule has 1 unspecified atom stereocenters. The van der Waals surface area contributed by atoms with E-state index in [1.165, 1.54) is 27.8 Å². The molecule has 1 aliphatic rings. The summed E-state index contributed by atoms with van der Waals surface area (Å²) >= 11 is 12.2. The first-order chi connectivity index (χ1) is 18.4. The van der Waals surface area contributed by atoms with E-state index in [4.69, 9.17) is 23.2 Å². The Bertz CT molecular complexity index is 1540. The van der Waals surface area contributed by atoms with E-state index in [1.807, 2.05) is 30.3 Å². The molecule has 194 valence electrons. The molecule has 1 saturated heterocycles. The lowest BCUT2D eigenvalue weighted by Crippen LogP contribution is -2.42. The van der Waals surface area contributed by atoms with Gasteiger partial charge in [0.1, 0.15) is 6.04 Å². The summed E-state index contributed by atoms with van der Waals surface area (Å²) in [5, 5.41) is 11.2. The van der Waals surface area contributed by atoms with Crippen molar-refractivity contribution in [2.24, 2.45) is 0 Å². The predicted molar refractivity (Wildman–Crippen MR) is 142 cm³/mol. The summed E-state index contributed by atoms with van der Waals surface area (Å²) in [4.78, 5) is 45.2. The molecule has 2 aromatic heterocycles. The van der Waals surface area contributed by atoms with E-state index >= 15 is 0 Å². The normalized spacial score (nSPS) is 14.6. The van der Waals surface area contributed by atoms with Gasteiger partial charge in [0.05, 0.1) is 23.9 Å². The van der Waals surface area contributed by atoms with Gasteiger partial charge in [-0.25, -0.2) is 9.67 Å². The van der Waals surface area contributed by atoms with Crippen LogP contribution in [-0.2, 0) is 16.0 Å². The molecule has 38 heavy (non-hydrogen) atoms. The number of hydrogen-bond acceptors (Lipinski definition) is 6. The number of carbonyl (C=O) groups is 2. The minimum atomic E-state index is -0.840. The molecule has 0 bridgehead atoms. The maximum absolute atomic E-state index is 13.7. The van der Waals surface area contributed by atoms with Gasteiger partial charge in [-0.2, -0.15) is 0 Å². The van der Waals surface area contributed by atoms with Gasteiger partial charge in [0, 0.05) is 49.1 Å². The number of nitrogens with zero attached hydrogens (tertiary/aromatic N) is 6. The third-order valence-corrected chi connectivity index (χ3v) is 6.71. The van der Waals surface area contributed by atoms with Crippen LogP contribution in [0.3, 0.4) is 0 Å². The smallest absolute Gasteiger partial charge is 0.254 e. The number of nitrogens with one attached hydrogen (secondary N) is 1. The van der Waals surface area contributed by atoms with Gasteiger partial charge in [0.2, 0.25) is 11.8 Å². The monoisotopic (exact) mass is 551 g/mol. The molecular formula is C26H23Cl2N7O3. The average Bonchev–Trinajstić information content (AvgIpc) is 3.23. The highest BCUT2D eigenvalue weighted by Crippen LogP contribution is 2.28. The molecule has 2 aromatic carbocycles. The van der Waals surface area contributed by atoms with Crippen molar-refractivity contribution in [2.75, 3.05) is 19.6 Å². The van der Waals surface area contributed by atoms with E-state index < -0.39 is 11.6 Å². The van der Waals surface area contributed by atoms with Gasteiger partial charge in [-0.1, -0.05) is 58.7 Å². The molecule has 0 saturated carbocycles. The van der Waals surface area contributed by atoms with Gasteiger partial charge >= 0.3 is 0 Å². The molecule has 2 amide bonds. The number of carbonyl (C=O) groups excluding carboxylic acids is 2. The van der Waals surface area contributed by atoms with Crippen LogP contribution >= 0.6 is 23.2 Å². The van der Waals surface area contributed by atoms with Crippen molar-refractivity contribution in [1.82, 2.24) is 34.8 Å². The minimum absolute atomic E-state index is 0.103. The van der Waals surface area contributed by atoms with Crippen molar-refractivity contribution in [3.63, 3.8) is 0 Å². The summed E-state index contributed by atoms with van der Waals surface area (Å²) in [5.74, 6) is -0.350. The fraction of sp³-hybridized carbons (Fsp3) is 0.231. The number of benzene rings is 2. The second-order valence-corrected chi connectivity index (χ2v) is 9.62. The lowest BCUT2D eigenvalue weighted by atomic mass is 10.0. The summed E-state index contributed by atoms with van der Waals surface area (Å²) in [6.45, 7) is 1.00. The topological polar surface area (TPSA) is 115 Å². The van der Waals surface area contributed by atoms with Crippen molar-refractivity contribution in [2.45, 2.75) is 18.9 Å². The van der Waals surface area contributed by atoms with Gasteiger partial charge < -0.3 is 10.2 Å². The van der Waals surface area contributed by atoms with Crippen LogP contribution in [0.4, 0.5) is 0 Å². The molecule has 12 heteroatoms. The van der Waals surface area contributed by atoms with Crippen molar-refractivity contribution in [3.8, 4) is 16.9 Å². The molecule has 1 fully saturated rings. The Hall–Kier alpha value is -4.02. The van der Waals surface area contributed by atoms with Crippen LogP contribution in [0.25, 0.3) is 16.9 Å². The quantitative estimate of drug-likeness (QED) is 0.394. The van der Waals surface area contributed by atoms with E-state index in [0.717, 1.165) is 5.56 Å². The van der Waals surface area contributed by atoms with Crippen LogP contribution in [0, 0.1) is 0 Å². The molecule has 10 nitrogen and oxygen atoms in total. The highest BCUT2D eigenvalue weighted by atomic mass is 35.5. The average molecular weight is 552 g/mol. The predicted octanol–water partition coefficient (Wildman–Crippen LogP) is 2.93. The van der Waals surface area contributed by atoms with Crippen LogP contribution in [0.15, 0.2) is 71.9 Å². The number of hydrogen-bond donors (Lipinski definition) is 1. The highest BCUT2D eigenvalue weighted by molar-refractivity contribution is 6.31. The summed E-state index contributed by atoms with van der Waals surface area (Å²) in [6.07, 6.45) is 3.41. The zero-order valence-corrected chi connectivity index (χ0v) is 21.6. The minimum Gasteiger partial charge on any atom is -0.354 e. The Balaban J connectivity index is 1.53. The van der Waals surface area contributed by atoms with E-state index in [-0.39, 0.29) is 29.9 Å². The molecule has 4 aromatic rings. The molecule has 3 heterocycles. The third kappa shape index (κ3) is 5.61. The number of amides is 2. The van der Waals surface area contributed by atoms with Crippen LogP contribution in [0.2, 0.25) is 10.2 Å². The number of rotatable bonds is 6. The Morgan fingerprint density at radius 1 is 1.05 bits per heavy atom. The molecule has 5 rings (SSSR count). The number of halogens is 2. The van der Waals surface area contributed by atoms with Crippen molar-refractivity contribution >= 4 is 35.0 Å². The Morgan fingerprint density at radius 3 is 2.61 bits per heavy atom. The largest absolute Gasteiger partial charge is 0.354 e. The van der Waals surface area contributed by atoms with E-state index in [0.29, 0.717) is 41.5 Å². The number of aromatic nitrogens is 5. The van der Waals surface area contributed by atoms with E-state index in [2.05, 4.69) is 20.6 Å². The van der Waals surface area contributed by atoms with Gasteiger partial charge in [-0.15, -0.1) is 5.10 Å². The zero-order valence-electron chi connectivity index (χ0n) is 20.1. The highest BCUT2D eigenvalue weighted by Gasteiger charge is 2.29. The molecule has 1 aliphatic heterocycles. The van der Waals surface area contributed by atoms with Crippen LogP contribution in [0.1, 0.15) is 18.0 Å². The van der Waals surface area contributed by atoms with Crippen LogP contribution in [-0.4, -0.2) is 60.9 Å². The first-order valence-corrected chi connectivity index (χ1v) is 12.7. The summed E-state index contributed by atoms with van der Waals surface area (Å²) in [5.41, 5.74) is 1.97. The van der Waals surface area contributed by atoms with Crippen LogP contribution in [0.5, 0.6) is 0 Å². The second-order valence-electron chi connectivity index (χ2n) is 8.80. The van der Waals surface area contributed by atoms with Crippen LogP contribution < -0.4 is 10.9 Å².